The Bertz CT molecular complexity index is 359. The van der Waals surface area contributed by atoms with Gasteiger partial charge in [-0.05, 0) is 12.6 Å². The Hall–Kier alpha value is -0.940. The van der Waals surface area contributed by atoms with Crippen LogP contribution in [-0.4, -0.2) is 63.6 Å². The van der Waals surface area contributed by atoms with Gasteiger partial charge < -0.3 is 15.2 Å². The number of aliphatic hydroxyl groups is 1. The first-order chi connectivity index (χ1) is 9.66. The minimum Gasteiger partial charge on any atom is -0.395 e. The molecular weight excluding hydrogens is 252 g/mol. The van der Waals surface area contributed by atoms with Gasteiger partial charge in [0.25, 0.3) is 0 Å². The predicted octanol–water partition coefficient (Wildman–Crippen LogP) is 1.10. The molecule has 0 saturated heterocycles. The van der Waals surface area contributed by atoms with Gasteiger partial charge in [0, 0.05) is 38.7 Å². The number of nitrogens with zero attached hydrogens (tertiary/aromatic N) is 1. The van der Waals surface area contributed by atoms with E-state index in [0.29, 0.717) is 13.2 Å². The SMILES string of the molecule is CNCC(C)(CN(CCO)CCOC)c1ccccc1. The van der Waals surface area contributed by atoms with Crippen molar-refractivity contribution in [3.05, 3.63) is 35.9 Å². The van der Waals surface area contributed by atoms with E-state index in [9.17, 15) is 5.11 Å². The summed E-state index contributed by atoms with van der Waals surface area (Å²) in [7, 11) is 3.69. The molecule has 0 heterocycles. The summed E-state index contributed by atoms with van der Waals surface area (Å²) in [5, 5.41) is 12.5. The van der Waals surface area contributed by atoms with E-state index in [1.807, 2.05) is 13.1 Å². The van der Waals surface area contributed by atoms with Gasteiger partial charge in [-0.2, -0.15) is 0 Å². The van der Waals surface area contributed by atoms with Crippen LogP contribution in [0.15, 0.2) is 30.3 Å². The van der Waals surface area contributed by atoms with E-state index in [4.69, 9.17) is 4.74 Å². The Morgan fingerprint density at radius 3 is 2.50 bits per heavy atom. The molecular formula is C16H28N2O2. The molecule has 0 aromatic heterocycles. The van der Waals surface area contributed by atoms with Crippen LogP contribution in [0.3, 0.4) is 0 Å². The quantitative estimate of drug-likeness (QED) is 0.674. The molecule has 2 N–H and O–H groups in total. The molecule has 114 valence electrons. The van der Waals surface area contributed by atoms with Crippen LogP contribution >= 0.6 is 0 Å². The molecule has 0 aliphatic rings. The van der Waals surface area contributed by atoms with Crippen LogP contribution in [0.4, 0.5) is 0 Å². The van der Waals surface area contributed by atoms with E-state index >= 15 is 0 Å². The van der Waals surface area contributed by atoms with Gasteiger partial charge in [-0.15, -0.1) is 0 Å². The van der Waals surface area contributed by atoms with Crippen molar-refractivity contribution in [2.75, 3.05) is 53.6 Å². The Morgan fingerprint density at radius 2 is 1.95 bits per heavy atom. The van der Waals surface area contributed by atoms with Crippen molar-refractivity contribution in [3.8, 4) is 0 Å². The van der Waals surface area contributed by atoms with Crippen LogP contribution < -0.4 is 5.32 Å². The zero-order valence-corrected chi connectivity index (χ0v) is 12.9. The summed E-state index contributed by atoms with van der Waals surface area (Å²) in [6.07, 6.45) is 0. The lowest BCUT2D eigenvalue weighted by Gasteiger charge is -2.36. The van der Waals surface area contributed by atoms with E-state index in [1.54, 1.807) is 7.11 Å². The monoisotopic (exact) mass is 280 g/mol. The second-order valence-electron chi connectivity index (χ2n) is 5.45. The third-order valence-electron chi connectivity index (χ3n) is 3.64. The number of hydrogen-bond donors (Lipinski definition) is 2. The van der Waals surface area contributed by atoms with Crippen molar-refractivity contribution in [2.45, 2.75) is 12.3 Å². The van der Waals surface area contributed by atoms with E-state index in [1.165, 1.54) is 5.56 Å². The first kappa shape index (κ1) is 17.1. The molecule has 4 heteroatoms. The molecule has 0 bridgehead atoms. The Kier molecular flexibility index (Phi) is 7.77. The number of methoxy groups -OCH3 is 1. The number of likely N-dealkylation sites (N-methyl/N-ethyl adjacent to an activating group) is 1. The smallest absolute Gasteiger partial charge is 0.0589 e. The zero-order chi connectivity index (χ0) is 14.8. The van der Waals surface area contributed by atoms with E-state index in [0.717, 1.165) is 19.6 Å². The molecule has 1 unspecified atom stereocenters. The van der Waals surface area contributed by atoms with Crippen LogP contribution in [0.1, 0.15) is 12.5 Å². The average Bonchev–Trinajstić information content (AvgIpc) is 2.46. The molecule has 0 aliphatic heterocycles. The fraction of sp³-hybridized carbons (Fsp3) is 0.625. The highest BCUT2D eigenvalue weighted by Gasteiger charge is 2.28. The van der Waals surface area contributed by atoms with Crippen LogP contribution in [0, 0.1) is 0 Å². The van der Waals surface area contributed by atoms with Crippen LogP contribution in [-0.2, 0) is 10.2 Å². The maximum atomic E-state index is 9.24. The van der Waals surface area contributed by atoms with Gasteiger partial charge >= 0.3 is 0 Å². The molecule has 0 amide bonds. The lowest BCUT2D eigenvalue weighted by molar-refractivity contribution is 0.114. The molecule has 1 aromatic carbocycles. The average molecular weight is 280 g/mol. The van der Waals surface area contributed by atoms with Crippen LogP contribution in [0.25, 0.3) is 0 Å². The molecule has 0 aliphatic carbocycles. The van der Waals surface area contributed by atoms with E-state index in [2.05, 4.69) is 41.4 Å². The summed E-state index contributed by atoms with van der Waals surface area (Å²) in [6.45, 7) is 6.42. The first-order valence-electron chi connectivity index (χ1n) is 7.18. The summed E-state index contributed by atoms with van der Waals surface area (Å²) >= 11 is 0. The van der Waals surface area contributed by atoms with Gasteiger partial charge in [0.1, 0.15) is 0 Å². The fourth-order valence-corrected chi connectivity index (χ4v) is 2.61. The number of hydrogen-bond acceptors (Lipinski definition) is 4. The maximum absolute atomic E-state index is 9.24. The Balaban J connectivity index is 2.82. The highest BCUT2D eigenvalue weighted by molar-refractivity contribution is 5.25. The van der Waals surface area contributed by atoms with E-state index < -0.39 is 0 Å². The molecule has 0 fully saturated rings. The number of rotatable bonds is 10. The third kappa shape index (κ3) is 5.21. The van der Waals surface area contributed by atoms with Gasteiger partial charge in [0.15, 0.2) is 0 Å². The third-order valence-corrected chi connectivity index (χ3v) is 3.64. The van der Waals surface area contributed by atoms with Gasteiger partial charge in [-0.25, -0.2) is 0 Å². The summed E-state index contributed by atoms with van der Waals surface area (Å²) < 4.78 is 5.16. The predicted molar refractivity (Wildman–Crippen MR) is 83.1 cm³/mol. The highest BCUT2D eigenvalue weighted by atomic mass is 16.5. The van der Waals surface area contributed by atoms with Crippen molar-refractivity contribution in [3.63, 3.8) is 0 Å². The highest BCUT2D eigenvalue weighted by Crippen LogP contribution is 2.24. The topological polar surface area (TPSA) is 44.7 Å². The minimum atomic E-state index is 0.0128. The van der Waals surface area contributed by atoms with Crippen molar-refractivity contribution in [1.82, 2.24) is 10.2 Å². The van der Waals surface area contributed by atoms with Crippen molar-refractivity contribution < 1.29 is 9.84 Å². The van der Waals surface area contributed by atoms with Crippen molar-refractivity contribution in [2.24, 2.45) is 0 Å². The van der Waals surface area contributed by atoms with Gasteiger partial charge in [-0.1, -0.05) is 37.3 Å². The normalized spacial score (nSPS) is 14.4. The standard InChI is InChI=1S/C16H28N2O2/c1-16(13-17-2,15-7-5-4-6-8-15)14-18(9-11-19)10-12-20-3/h4-8,17,19H,9-14H2,1-3H3. The molecule has 1 rings (SSSR count). The zero-order valence-electron chi connectivity index (χ0n) is 12.9. The second-order valence-corrected chi connectivity index (χ2v) is 5.45. The molecule has 1 aromatic rings. The Morgan fingerprint density at radius 1 is 1.25 bits per heavy atom. The van der Waals surface area contributed by atoms with Crippen molar-refractivity contribution in [1.29, 1.82) is 0 Å². The van der Waals surface area contributed by atoms with Gasteiger partial charge in [0.05, 0.1) is 13.2 Å². The molecule has 0 spiro atoms. The lowest BCUT2D eigenvalue weighted by Crippen LogP contribution is -2.46. The molecule has 1 atom stereocenters. The number of ether oxygens (including phenoxy) is 1. The summed E-state index contributed by atoms with van der Waals surface area (Å²) in [6, 6.07) is 10.5. The number of nitrogens with one attached hydrogen (secondary N) is 1. The lowest BCUT2D eigenvalue weighted by atomic mass is 9.81. The maximum Gasteiger partial charge on any atom is 0.0589 e. The molecule has 20 heavy (non-hydrogen) atoms. The van der Waals surface area contributed by atoms with Crippen LogP contribution in [0.2, 0.25) is 0 Å². The van der Waals surface area contributed by atoms with Crippen molar-refractivity contribution >= 4 is 0 Å². The van der Waals surface area contributed by atoms with Gasteiger partial charge in [-0.3, -0.25) is 4.90 Å². The second kappa shape index (κ2) is 9.08. The molecule has 0 radical (unpaired) electrons. The number of benzene rings is 1. The number of aliphatic hydroxyl groups excluding tert-OH is 1. The Labute approximate surface area is 122 Å². The first-order valence-corrected chi connectivity index (χ1v) is 7.18. The molecule has 0 saturated carbocycles. The fourth-order valence-electron chi connectivity index (χ4n) is 2.61. The summed E-state index contributed by atoms with van der Waals surface area (Å²) in [5.74, 6) is 0. The summed E-state index contributed by atoms with van der Waals surface area (Å²) in [5.41, 5.74) is 1.33. The summed E-state index contributed by atoms with van der Waals surface area (Å²) in [4.78, 5) is 2.26. The van der Waals surface area contributed by atoms with Crippen LogP contribution in [0.5, 0.6) is 0 Å². The van der Waals surface area contributed by atoms with E-state index in [-0.39, 0.29) is 12.0 Å². The largest absolute Gasteiger partial charge is 0.395 e. The minimum absolute atomic E-state index is 0.0128. The molecule has 4 nitrogen and oxygen atoms in total. The van der Waals surface area contributed by atoms with Gasteiger partial charge in [0.2, 0.25) is 0 Å².